The van der Waals surface area contributed by atoms with Crippen molar-refractivity contribution in [3.8, 4) is 0 Å². The Balaban J connectivity index is 0.000000807. The van der Waals surface area contributed by atoms with Gasteiger partial charge in [0.25, 0.3) is 0 Å². The Morgan fingerprint density at radius 2 is 1.10 bits per heavy atom. The van der Waals surface area contributed by atoms with Gasteiger partial charge < -0.3 is 9.97 Å². The van der Waals surface area contributed by atoms with Gasteiger partial charge in [-0.05, 0) is 24.3 Å². The predicted octanol–water partition coefficient (Wildman–Crippen LogP) is 3.87. The fourth-order valence-corrected chi connectivity index (χ4v) is 2.34. The zero-order valence-electron chi connectivity index (χ0n) is 11.0. The van der Waals surface area contributed by atoms with Gasteiger partial charge in [0.05, 0.1) is 28.5 Å². The van der Waals surface area contributed by atoms with Crippen LogP contribution in [0.3, 0.4) is 0 Å². The van der Waals surface area contributed by atoms with Gasteiger partial charge in [0, 0.05) is 0 Å². The first kappa shape index (κ1) is 15.4. The second-order valence-electron chi connectivity index (χ2n) is 4.58. The molecule has 4 rings (SSSR count). The minimum atomic E-state index is 0. The van der Waals surface area contributed by atoms with Crippen molar-refractivity contribution in [2.75, 3.05) is 0 Å². The highest BCUT2D eigenvalue weighted by Crippen LogP contribution is 2.15. The van der Waals surface area contributed by atoms with Gasteiger partial charge in [-0.3, -0.25) is 0 Å². The quantitative estimate of drug-likeness (QED) is 0.589. The molecular formula is C15H14Cl2N4. The molecule has 4 nitrogen and oxygen atoms in total. The lowest BCUT2D eigenvalue weighted by atomic mass is 10.3. The van der Waals surface area contributed by atoms with Crippen molar-refractivity contribution in [3.63, 3.8) is 0 Å². The summed E-state index contributed by atoms with van der Waals surface area (Å²) in [4.78, 5) is 15.8. The monoisotopic (exact) mass is 320 g/mol. The maximum absolute atomic E-state index is 4.56. The first-order chi connectivity index (χ1) is 9.38. The van der Waals surface area contributed by atoms with E-state index in [2.05, 4.69) is 19.9 Å². The summed E-state index contributed by atoms with van der Waals surface area (Å²) in [5, 5.41) is 0. The molecule has 21 heavy (non-hydrogen) atoms. The highest BCUT2D eigenvalue weighted by atomic mass is 35.5. The SMILES string of the molecule is Cl.Cl.c1ccc2[nH]c(Cc3nc4ccccc4[nH]3)nc2c1. The van der Waals surface area contributed by atoms with E-state index in [1.54, 1.807) is 0 Å². The van der Waals surface area contributed by atoms with Gasteiger partial charge in [0.15, 0.2) is 0 Å². The number of fused-ring (bicyclic) bond motifs is 2. The van der Waals surface area contributed by atoms with E-state index in [9.17, 15) is 0 Å². The maximum atomic E-state index is 4.56. The number of aromatic amines is 2. The molecule has 6 heteroatoms. The topological polar surface area (TPSA) is 57.4 Å². The smallest absolute Gasteiger partial charge is 0.114 e. The normalized spacial score (nSPS) is 10.3. The number of nitrogens with one attached hydrogen (secondary N) is 2. The highest BCUT2D eigenvalue weighted by Gasteiger charge is 2.06. The molecule has 108 valence electrons. The van der Waals surface area contributed by atoms with Crippen molar-refractivity contribution in [1.82, 2.24) is 19.9 Å². The molecule has 0 fully saturated rings. The molecule has 0 aliphatic carbocycles. The van der Waals surface area contributed by atoms with E-state index in [4.69, 9.17) is 0 Å². The zero-order chi connectivity index (χ0) is 12.7. The molecule has 2 aromatic carbocycles. The molecular weight excluding hydrogens is 307 g/mol. The maximum Gasteiger partial charge on any atom is 0.114 e. The number of para-hydroxylation sites is 4. The van der Waals surface area contributed by atoms with Crippen LogP contribution >= 0.6 is 24.8 Å². The second kappa shape index (κ2) is 6.16. The average Bonchev–Trinajstić information content (AvgIpc) is 3.00. The Morgan fingerprint density at radius 3 is 1.52 bits per heavy atom. The van der Waals surface area contributed by atoms with Crippen LogP contribution in [0.1, 0.15) is 11.6 Å². The van der Waals surface area contributed by atoms with Crippen molar-refractivity contribution >= 4 is 46.9 Å². The van der Waals surface area contributed by atoms with E-state index >= 15 is 0 Å². The summed E-state index contributed by atoms with van der Waals surface area (Å²) < 4.78 is 0. The average molecular weight is 321 g/mol. The summed E-state index contributed by atoms with van der Waals surface area (Å²) in [5.74, 6) is 1.86. The van der Waals surface area contributed by atoms with Crippen LogP contribution in [0.4, 0.5) is 0 Å². The molecule has 4 aromatic rings. The Labute approximate surface area is 133 Å². The Hall–Kier alpha value is -2.04. The van der Waals surface area contributed by atoms with Crippen molar-refractivity contribution in [3.05, 3.63) is 60.2 Å². The van der Waals surface area contributed by atoms with Crippen molar-refractivity contribution in [2.24, 2.45) is 0 Å². The lowest BCUT2D eigenvalue weighted by molar-refractivity contribution is 0.960. The van der Waals surface area contributed by atoms with Gasteiger partial charge in [-0.25, -0.2) is 9.97 Å². The van der Waals surface area contributed by atoms with E-state index in [-0.39, 0.29) is 24.8 Å². The number of benzene rings is 2. The summed E-state index contributed by atoms with van der Waals surface area (Å²) in [6.07, 6.45) is 0.684. The van der Waals surface area contributed by atoms with E-state index in [1.165, 1.54) is 0 Å². The van der Waals surface area contributed by atoms with Gasteiger partial charge in [-0.15, -0.1) is 24.8 Å². The first-order valence-corrected chi connectivity index (χ1v) is 6.26. The summed E-state index contributed by atoms with van der Waals surface area (Å²) in [5.41, 5.74) is 4.12. The molecule has 0 aliphatic heterocycles. The molecule has 2 N–H and O–H groups in total. The number of H-pyrrole nitrogens is 2. The van der Waals surface area contributed by atoms with Crippen LogP contribution in [-0.4, -0.2) is 19.9 Å². The number of hydrogen-bond acceptors (Lipinski definition) is 2. The van der Waals surface area contributed by atoms with Crippen LogP contribution in [0.15, 0.2) is 48.5 Å². The summed E-state index contributed by atoms with van der Waals surface area (Å²) in [7, 11) is 0. The Morgan fingerprint density at radius 1 is 0.667 bits per heavy atom. The van der Waals surface area contributed by atoms with E-state index < -0.39 is 0 Å². The van der Waals surface area contributed by atoms with Crippen LogP contribution in [0, 0.1) is 0 Å². The van der Waals surface area contributed by atoms with Crippen molar-refractivity contribution < 1.29 is 0 Å². The van der Waals surface area contributed by atoms with Crippen molar-refractivity contribution in [2.45, 2.75) is 6.42 Å². The van der Waals surface area contributed by atoms with Crippen LogP contribution in [0.25, 0.3) is 22.1 Å². The fourth-order valence-electron chi connectivity index (χ4n) is 2.34. The minimum absolute atomic E-state index is 0. The molecule has 0 amide bonds. The standard InChI is InChI=1S/C15H12N4.2ClH/c1-2-6-11-10(5-1)16-14(17-11)9-15-18-12-7-3-4-8-13(12)19-15;;/h1-8H,9H2,(H,16,17)(H,18,19);2*1H. The second-order valence-corrected chi connectivity index (χ2v) is 4.58. The first-order valence-electron chi connectivity index (χ1n) is 6.26. The molecule has 0 saturated carbocycles. The number of halogens is 2. The molecule has 0 saturated heterocycles. The van der Waals surface area contributed by atoms with Crippen LogP contribution < -0.4 is 0 Å². The Kier molecular flexibility index (Phi) is 4.50. The molecule has 0 bridgehead atoms. The molecule has 0 spiro atoms. The van der Waals surface area contributed by atoms with Gasteiger partial charge in [0.1, 0.15) is 11.6 Å². The van der Waals surface area contributed by atoms with Gasteiger partial charge in [-0.2, -0.15) is 0 Å². The molecule has 0 radical (unpaired) electrons. The molecule has 0 atom stereocenters. The number of aromatic nitrogens is 4. The van der Waals surface area contributed by atoms with Crippen molar-refractivity contribution in [1.29, 1.82) is 0 Å². The Bertz CT molecular complexity index is 728. The summed E-state index contributed by atoms with van der Waals surface area (Å²) in [6, 6.07) is 16.1. The highest BCUT2D eigenvalue weighted by molar-refractivity contribution is 5.85. The molecule has 2 aromatic heterocycles. The third-order valence-corrected chi connectivity index (χ3v) is 3.21. The van der Waals surface area contributed by atoms with Crippen LogP contribution in [0.5, 0.6) is 0 Å². The van der Waals surface area contributed by atoms with Gasteiger partial charge in [0.2, 0.25) is 0 Å². The molecule has 0 unspecified atom stereocenters. The number of nitrogens with zero attached hydrogens (tertiary/aromatic N) is 2. The minimum Gasteiger partial charge on any atom is -0.342 e. The lowest BCUT2D eigenvalue weighted by Crippen LogP contribution is -1.92. The number of imidazole rings is 2. The predicted molar refractivity (Wildman–Crippen MR) is 89.5 cm³/mol. The van der Waals surface area contributed by atoms with E-state index in [0.29, 0.717) is 6.42 Å². The third-order valence-electron chi connectivity index (χ3n) is 3.21. The number of hydrogen-bond donors (Lipinski definition) is 2. The van der Waals surface area contributed by atoms with Crippen LogP contribution in [0.2, 0.25) is 0 Å². The van der Waals surface area contributed by atoms with Gasteiger partial charge in [-0.1, -0.05) is 24.3 Å². The van der Waals surface area contributed by atoms with E-state index in [1.807, 2.05) is 48.5 Å². The summed E-state index contributed by atoms with van der Waals surface area (Å²) in [6.45, 7) is 0. The summed E-state index contributed by atoms with van der Waals surface area (Å²) >= 11 is 0. The fraction of sp³-hybridized carbons (Fsp3) is 0.0667. The third kappa shape index (κ3) is 2.86. The lowest BCUT2D eigenvalue weighted by Gasteiger charge is -1.90. The van der Waals surface area contributed by atoms with Gasteiger partial charge >= 0.3 is 0 Å². The van der Waals surface area contributed by atoms with Crippen LogP contribution in [-0.2, 0) is 6.42 Å². The largest absolute Gasteiger partial charge is 0.342 e. The number of rotatable bonds is 2. The molecule has 0 aliphatic rings. The zero-order valence-corrected chi connectivity index (χ0v) is 12.7. The van der Waals surface area contributed by atoms with E-state index in [0.717, 1.165) is 33.7 Å². The molecule has 2 heterocycles.